The van der Waals surface area contributed by atoms with Crippen LogP contribution >= 0.6 is 0 Å². The molecule has 4 heteroatoms. The van der Waals surface area contributed by atoms with E-state index in [2.05, 4.69) is 11.3 Å². The molecule has 0 saturated heterocycles. The predicted octanol–water partition coefficient (Wildman–Crippen LogP) is 1.46. The number of hydrogen-bond donors (Lipinski definition) is 1. The Balaban J connectivity index is 0. The fraction of sp³-hybridized carbons (Fsp3) is 0.556. The van der Waals surface area contributed by atoms with Gasteiger partial charge in [-0.1, -0.05) is 20.4 Å². The van der Waals surface area contributed by atoms with Crippen molar-refractivity contribution in [1.82, 2.24) is 0 Å². The lowest BCUT2D eigenvalue weighted by Crippen LogP contribution is -2.07. The third-order valence-corrected chi connectivity index (χ3v) is 1.04. The molecule has 0 aromatic rings. The SMILES string of the molecule is C=C(C)C(=O)O.COC(=O)C(C)C. The van der Waals surface area contributed by atoms with Crippen molar-refractivity contribution in [3.8, 4) is 0 Å². The Kier molecular flexibility index (Phi) is 8.02. The topological polar surface area (TPSA) is 63.6 Å². The number of carbonyl (C=O) groups is 2. The van der Waals surface area contributed by atoms with Crippen molar-refractivity contribution in [2.75, 3.05) is 7.11 Å². The number of hydrogen-bond acceptors (Lipinski definition) is 3. The van der Waals surface area contributed by atoms with Crippen LogP contribution in [0.3, 0.4) is 0 Å². The first-order valence-corrected chi connectivity index (χ1v) is 3.79. The van der Waals surface area contributed by atoms with Gasteiger partial charge >= 0.3 is 11.9 Å². The third kappa shape index (κ3) is 10.7. The highest BCUT2D eigenvalue weighted by Gasteiger charge is 2.03. The first-order valence-electron chi connectivity index (χ1n) is 3.79. The molecular weight excluding hydrogens is 172 g/mol. The lowest BCUT2D eigenvalue weighted by molar-refractivity contribution is -0.144. The van der Waals surface area contributed by atoms with E-state index in [-0.39, 0.29) is 17.5 Å². The van der Waals surface area contributed by atoms with E-state index < -0.39 is 5.97 Å². The number of methoxy groups -OCH3 is 1. The standard InChI is InChI=1S/C5H10O2.C4H6O2/c1-4(2)5(6)7-3;1-3(2)4(5)6/h4H,1-3H3;1H2,2H3,(H,5,6). The molecule has 0 radical (unpaired) electrons. The van der Waals surface area contributed by atoms with Gasteiger partial charge in [-0.2, -0.15) is 0 Å². The van der Waals surface area contributed by atoms with E-state index in [0.717, 1.165) is 0 Å². The van der Waals surface area contributed by atoms with Gasteiger partial charge < -0.3 is 9.84 Å². The summed E-state index contributed by atoms with van der Waals surface area (Å²) < 4.78 is 4.37. The molecule has 0 heterocycles. The van der Waals surface area contributed by atoms with E-state index in [1.807, 2.05) is 0 Å². The molecule has 4 nitrogen and oxygen atoms in total. The van der Waals surface area contributed by atoms with Crippen molar-refractivity contribution < 1.29 is 19.4 Å². The Morgan fingerprint density at radius 1 is 1.38 bits per heavy atom. The summed E-state index contributed by atoms with van der Waals surface area (Å²) in [4.78, 5) is 19.9. The number of aliphatic carboxylic acids is 1. The zero-order valence-electron chi connectivity index (χ0n) is 8.46. The normalized spacial score (nSPS) is 8.38. The van der Waals surface area contributed by atoms with Gasteiger partial charge in [-0.3, -0.25) is 4.79 Å². The van der Waals surface area contributed by atoms with Crippen molar-refractivity contribution in [2.45, 2.75) is 20.8 Å². The van der Waals surface area contributed by atoms with Gasteiger partial charge in [0.2, 0.25) is 0 Å². The maximum atomic E-state index is 10.3. The van der Waals surface area contributed by atoms with E-state index in [1.165, 1.54) is 14.0 Å². The number of rotatable bonds is 2. The van der Waals surface area contributed by atoms with Gasteiger partial charge in [-0.25, -0.2) is 4.79 Å². The van der Waals surface area contributed by atoms with Gasteiger partial charge in [-0.15, -0.1) is 0 Å². The van der Waals surface area contributed by atoms with E-state index in [4.69, 9.17) is 5.11 Å². The minimum Gasteiger partial charge on any atom is -0.478 e. The first-order chi connectivity index (χ1) is 5.82. The minimum atomic E-state index is -0.935. The molecule has 0 rings (SSSR count). The van der Waals surface area contributed by atoms with E-state index in [1.54, 1.807) is 13.8 Å². The van der Waals surface area contributed by atoms with Crippen LogP contribution in [0.5, 0.6) is 0 Å². The van der Waals surface area contributed by atoms with Crippen LogP contribution in [0, 0.1) is 5.92 Å². The molecule has 0 saturated carbocycles. The number of carboxylic acids is 1. The summed E-state index contributed by atoms with van der Waals surface area (Å²) in [5.41, 5.74) is 0.176. The first kappa shape index (κ1) is 14.2. The summed E-state index contributed by atoms with van der Waals surface area (Å²) >= 11 is 0. The molecule has 76 valence electrons. The van der Waals surface area contributed by atoms with E-state index in [9.17, 15) is 9.59 Å². The second-order valence-electron chi connectivity index (χ2n) is 2.76. The summed E-state index contributed by atoms with van der Waals surface area (Å²) in [6.07, 6.45) is 0. The summed E-state index contributed by atoms with van der Waals surface area (Å²) in [7, 11) is 1.39. The predicted molar refractivity (Wildman–Crippen MR) is 49.3 cm³/mol. The van der Waals surface area contributed by atoms with Gasteiger partial charge in [-0.05, 0) is 6.92 Å². The van der Waals surface area contributed by atoms with Crippen molar-refractivity contribution in [1.29, 1.82) is 0 Å². The smallest absolute Gasteiger partial charge is 0.330 e. The molecule has 0 aromatic heterocycles. The number of carbonyl (C=O) groups excluding carboxylic acids is 1. The summed E-state index contributed by atoms with van der Waals surface area (Å²) in [5.74, 6) is -1.08. The average molecular weight is 188 g/mol. The van der Waals surface area contributed by atoms with Crippen LogP contribution in [-0.2, 0) is 14.3 Å². The van der Waals surface area contributed by atoms with Gasteiger partial charge in [0.1, 0.15) is 0 Å². The average Bonchev–Trinajstić information content (AvgIpc) is 2.03. The van der Waals surface area contributed by atoms with Gasteiger partial charge in [0.25, 0.3) is 0 Å². The Morgan fingerprint density at radius 3 is 1.69 bits per heavy atom. The highest BCUT2D eigenvalue weighted by Crippen LogP contribution is 1.91. The van der Waals surface area contributed by atoms with Crippen molar-refractivity contribution in [3.63, 3.8) is 0 Å². The molecule has 13 heavy (non-hydrogen) atoms. The van der Waals surface area contributed by atoms with Crippen molar-refractivity contribution >= 4 is 11.9 Å². The molecular formula is C9H16O4. The number of ether oxygens (including phenoxy) is 1. The highest BCUT2D eigenvalue weighted by molar-refractivity contribution is 5.84. The Labute approximate surface area is 78.2 Å². The molecule has 0 unspecified atom stereocenters. The molecule has 0 spiro atoms. The van der Waals surface area contributed by atoms with Crippen LogP contribution in [-0.4, -0.2) is 24.2 Å². The summed E-state index contributed by atoms with van der Waals surface area (Å²) in [6, 6.07) is 0. The summed E-state index contributed by atoms with van der Waals surface area (Å²) in [5, 5.41) is 7.89. The maximum absolute atomic E-state index is 10.3. The monoisotopic (exact) mass is 188 g/mol. The lowest BCUT2D eigenvalue weighted by Gasteiger charge is -1.97. The fourth-order valence-corrected chi connectivity index (χ4v) is 0.236. The molecule has 0 atom stereocenters. The zero-order chi connectivity index (χ0) is 11.0. The number of esters is 1. The highest BCUT2D eigenvalue weighted by atomic mass is 16.5. The third-order valence-electron chi connectivity index (χ3n) is 1.04. The maximum Gasteiger partial charge on any atom is 0.330 e. The quantitative estimate of drug-likeness (QED) is 0.526. The van der Waals surface area contributed by atoms with Crippen molar-refractivity contribution in [3.05, 3.63) is 12.2 Å². The Morgan fingerprint density at radius 2 is 1.69 bits per heavy atom. The van der Waals surface area contributed by atoms with Crippen LogP contribution in [0.1, 0.15) is 20.8 Å². The van der Waals surface area contributed by atoms with Gasteiger partial charge in [0.15, 0.2) is 0 Å². The van der Waals surface area contributed by atoms with Crippen LogP contribution in [0.15, 0.2) is 12.2 Å². The summed E-state index contributed by atoms with van der Waals surface area (Å²) in [6.45, 7) is 8.20. The molecule has 1 N–H and O–H groups in total. The molecule has 0 aliphatic heterocycles. The fourth-order valence-electron chi connectivity index (χ4n) is 0.236. The molecule has 0 aliphatic carbocycles. The Bertz CT molecular complexity index is 182. The van der Waals surface area contributed by atoms with Gasteiger partial charge in [0, 0.05) is 5.57 Å². The molecule has 0 bridgehead atoms. The van der Waals surface area contributed by atoms with Crippen molar-refractivity contribution in [2.24, 2.45) is 5.92 Å². The Hall–Kier alpha value is -1.32. The zero-order valence-corrected chi connectivity index (χ0v) is 8.46. The van der Waals surface area contributed by atoms with Crippen LogP contribution in [0.4, 0.5) is 0 Å². The van der Waals surface area contributed by atoms with E-state index in [0.29, 0.717) is 0 Å². The van der Waals surface area contributed by atoms with Crippen LogP contribution in [0.25, 0.3) is 0 Å². The number of carboxylic acid groups (broad SMARTS) is 1. The van der Waals surface area contributed by atoms with E-state index >= 15 is 0 Å². The second kappa shape index (κ2) is 7.34. The largest absolute Gasteiger partial charge is 0.478 e. The molecule has 0 aromatic carbocycles. The second-order valence-corrected chi connectivity index (χ2v) is 2.76. The van der Waals surface area contributed by atoms with Crippen LogP contribution in [0.2, 0.25) is 0 Å². The minimum absolute atomic E-state index is 0.00463. The molecule has 0 amide bonds. The molecule has 0 aliphatic rings. The lowest BCUT2D eigenvalue weighted by atomic mass is 10.2. The molecule has 0 fully saturated rings. The van der Waals surface area contributed by atoms with Crippen LogP contribution < -0.4 is 0 Å². The van der Waals surface area contributed by atoms with Gasteiger partial charge in [0.05, 0.1) is 13.0 Å².